The average Bonchev–Trinajstić information content (AvgIpc) is 3.01. The third-order valence-electron chi connectivity index (χ3n) is 3.67. The van der Waals surface area contributed by atoms with Crippen molar-refractivity contribution in [2.45, 2.75) is 47.8 Å². The number of pyridine rings is 1. The van der Waals surface area contributed by atoms with Crippen molar-refractivity contribution in [3.05, 3.63) is 30.1 Å². The maximum absolute atomic E-state index is 6.14. The second-order valence-corrected chi connectivity index (χ2v) is 6.12. The van der Waals surface area contributed by atoms with Crippen molar-refractivity contribution < 1.29 is 9.57 Å². The Balaban J connectivity index is 0.000000665. The van der Waals surface area contributed by atoms with E-state index in [1.54, 1.807) is 0 Å². The Kier molecular flexibility index (Phi) is 9.71. The van der Waals surface area contributed by atoms with Crippen LogP contribution in [0.2, 0.25) is 0 Å². The van der Waals surface area contributed by atoms with Gasteiger partial charge in [-0.3, -0.25) is 0 Å². The maximum Gasteiger partial charge on any atom is 0.152 e. The van der Waals surface area contributed by atoms with Gasteiger partial charge in [0.15, 0.2) is 5.82 Å². The zero-order valence-electron chi connectivity index (χ0n) is 17.3. The molecule has 0 saturated heterocycles. The Morgan fingerprint density at radius 2 is 1.78 bits per heavy atom. The number of nitrogens with zero attached hydrogens (tertiary/aromatic N) is 3. The number of benzene rings is 1. The van der Waals surface area contributed by atoms with Crippen LogP contribution in [0.25, 0.3) is 21.9 Å². The van der Waals surface area contributed by atoms with E-state index in [4.69, 9.17) is 15.5 Å². The first kappa shape index (κ1) is 22.8. The van der Waals surface area contributed by atoms with E-state index < -0.39 is 0 Å². The molecule has 0 aliphatic heterocycles. The van der Waals surface area contributed by atoms with Crippen LogP contribution in [0.5, 0.6) is 0 Å². The van der Waals surface area contributed by atoms with E-state index >= 15 is 0 Å². The Morgan fingerprint density at radius 3 is 2.37 bits per heavy atom. The predicted molar refractivity (Wildman–Crippen MR) is 112 cm³/mol. The maximum atomic E-state index is 6.14. The minimum absolute atomic E-state index is 0.481. The van der Waals surface area contributed by atoms with Gasteiger partial charge >= 0.3 is 0 Å². The fourth-order valence-corrected chi connectivity index (χ4v) is 2.77. The molecule has 0 bridgehead atoms. The first-order chi connectivity index (χ1) is 13.0. The summed E-state index contributed by atoms with van der Waals surface area (Å²) in [7, 11) is 1.40. The first-order valence-corrected chi connectivity index (χ1v) is 9.37. The van der Waals surface area contributed by atoms with Gasteiger partial charge < -0.3 is 19.9 Å². The highest BCUT2D eigenvalue weighted by molar-refractivity contribution is 6.06. The number of anilines is 1. The van der Waals surface area contributed by atoms with E-state index in [2.05, 4.69) is 40.2 Å². The lowest BCUT2D eigenvalue weighted by molar-refractivity contribution is 0.125. The molecule has 2 aromatic heterocycles. The molecule has 7 heteroatoms. The van der Waals surface area contributed by atoms with Gasteiger partial charge in [0.2, 0.25) is 0 Å². The van der Waals surface area contributed by atoms with Crippen LogP contribution in [0.3, 0.4) is 0 Å². The third kappa shape index (κ3) is 5.63. The predicted octanol–water partition coefficient (Wildman–Crippen LogP) is 3.89. The topological polar surface area (TPSA) is 101 Å². The van der Waals surface area contributed by atoms with E-state index in [0.717, 1.165) is 34.3 Å². The van der Waals surface area contributed by atoms with Gasteiger partial charge in [-0.1, -0.05) is 45.9 Å². The number of nitrogens with two attached hydrogens (primary N) is 2. The van der Waals surface area contributed by atoms with Crippen LogP contribution >= 0.6 is 0 Å². The monoisotopic (exact) mass is 375 g/mol. The molecular weight excluding hydrogens is 342 g/mol. The summed E-state index contributed by atoms with van der Waals surface area (Å²) in [6, 6.07) is 8.06. The summed E-state index contributed by atoms with van der Waals surface area (Å²) in [5.74, 6) is 6.25. The van der Waals surface area contributed by atoms with Crippen molar-refractivity contribution in [1.82, 2.24) is 14.5 Å². The molecule has 0 spiro atoms. The Hall–Kier alpha value is -2.22. The number of fused-ring (bicyclic) bond motifs is 3. The number of hydrogen-bond acceptors (Lipinski definition) is 6. The van der Waals surface area contributed by atoms with Crippen LogP contribution < -0.4 is 11.6 Å². The highest BCUT2D eigenvalue weighted by Gasteiger charge is 2.17. The summed E-state index contributed by atoms with van der Waals surface area (Å²) in [6.07, 6.45) is 0. The summed E-state index contributed by atoms with van der Waals surface area (Å²) < 4.78 is 7.81. The first-order valence-electron chi connectivity index (χ1n) is 9.37. The average molecular weight is 376 g/mol. The molecule has 150 valence electrons. The lowest BCUT2D eigenvalue weighted by Gasteiger charge is -2.13. The van der Waals surface area contributed by atoms with Crippen molar-refractivity contribution in [2.75, 3.05) is 19.5 Å². The van der Waals surface area contributed by atoms with Crippen LogP contribution in [-0.4, -0.2) is 28.3 Å². The third-order valence-corrected chi connectivity index (χ3v) is 3.67. The second kappa shape index (κ2) is 11.5. The molecule has 4 N–H and O–H groups in total. The van der Waals surface area contributed by atoms with Gasteiger partial charge in [0, 0.05) is 18.5 Å². The molecule has 0 radical (unpaired) electrons. The van der Waals surface area contributed by atoms with Gasteiger partial charge in [-0.05, 0) is 18.9 Å². The molecule has 0 aliphatic carbocycles. The molecule has 0 amide bonds. The molecule has 1 aromatic carbocycles. The normalized spacial score (nSPS) is 10.5. The molecule has 3 rings (SSSR count). The fourth-order valence-electron chi connectivity index (χ4n) is 2.77. The van der Waals surface area contributed by atoms with Gasteiger partial charge in [-0.25, -0.2) is 15.9 Å². The summed E-state index contributed by atoms with van der Waals surface area (Å²) in [5, 5.41) is 1.09. The molecule has 7 nitrogen and oxygen atoms in total. The highest BCUT2D eigenvalue weighted by atomic mass is 16.6. The minimum atomic E-state index is 0.481. The van der Waals surface area contributed by atoms with Crippen molar-refractivity contribution in [3.63, 3.8) is 0 Å². The number of ether oxygens (including phenoxy) is 1. The number of nitrogen functional groups attached to an aromatic ring is 1. The lowest BCUT2D eigenvalue weighted by atomic mass is 10.1. The van der Waals surface area contributed by atoms with Crippen molar-refractivity contribution in [2.24, 2.45) is 11.8 Å². The SMILES string of the molecule is CC.CCOCc1nc2c(N)nc3ccccc3c2n1CC(C)C.CON. The van der Waals surface area contributed by atoms with Crippen LogP contribution in [0.15, 0.2) is 24.3 Å². The smallest absolute Gasteiger partial charge is 0.152 e. The molecular formula is C20H33N5O2. The quantitative estimate of drug-likeness (QED) is 0.656. The van der Waals surface area contributed by atoms with Gasteiger partial charge in [0.05, 0.1) is 18.1 Å². The van der Waals surface area contributed by atoms with E-state index in [1.807, 2.05) is 39.0 Å². The van der Waals surface area contributed by atoms with Crippen LogP contribution in [0.4, 0.5) is 5.82 Å². The number of imidazole rings is 1. The van der Waals surface area contributed by atoms with Crippen molar-refractivity contribution >= 4 is 27.8 Å². The van der Waals surface area contributed by atoms with Gasteiger partial charge in [0.1, 0.15) is 17.9 Å². The van der Waals surface area contributed by atoms with Crippen LogP contribution in [0, 0.1) is 5.92 Å². The Morgan fingerprint density at radius 1 is 1.15 bits per heavy atom. The summed E-state index contributed by atoms with van der Waals surface area (Å²) in [5.41, 5.74) is 8.87. The van der Waals surface area contributed by atoms with E-state index in [0.29, 0.717) is 24.9 Å². The molecule has 0 unspecified atom stereocenters. The van der Waals surface area contributed by atoms with Crippen LogP contribution in [0.1, 0.15) is 40.4 Å². The molecule has 0 fully saturated rings. The van der Waals surface area contributed by atoms with Crippen molar-refractivity contribution in [1.29, 1.82) is 0 Å². The summed E-state index contributed by atoms with van der Waals surface area (Å²) >= 11 is 0. The number of aromatic nitrogens is 3. The minimum Gasteiger partial charge on any atom is -0.382 e. The van der Waals surface area contributed by atoms with E-state index in [9.17, 15) is 0 Å². The summed E-state index contributed by atoms with van der Waals surface area (Å²) in [6.45, 7) is 12.4. The molecule has 27 heavy (non-hydrogen) atoms. The Labute approximate surface area is 161 Å². The van der Waals surface area contributed by atoms with Crippen LogP contribution in [-0.2, 0) is 22.7 Å². The molecule has 0 aliphatic rings. The number of para-hydroxylation sites is 1. The Bertz CT molecular complexity index is 830. The van der Waals surface area contributed by atoms with Gasteiger partial charge in [-0.15, -0.1) is 0 Å². The van der Waals surface area contributed by atoms with Gasteiger partial charge in [-0.2, -0.15) is 0 Å². The number of rotatable bonds is 5. The molecule has 0 saturated carbocycles. The second-order valence-electron chi connectivity index (χ2n) is 6.12. The molecule has 2 heterocycles. The standard InChI is InChI=1S/C17H22N4O.C2H6.CH5NO/c1-4-22-10-14-20-15-16(21(14)9-11(2)3)12-7-5-6-8-13(12)19-17(15)18;1-2;1-3-2/h5-8,11H,4,9-10H2,1-3H3,(H2,18,19);1-2H3;2H2,1H3. The zero-order chi connectivity index (χ0) is 20.4. The largest absolute Gasteiger partial charge is 0.382 e. The fraction of sp³-hybridized carbons (Fsp3) is 0.500. The molecule has 0 atom stereocenters. The van der Waals surface area contributed by atoms with E-state index in [-0.39, 0.29) is 0 Å². The number of hydrogen-bond donors (Lipinski definition) is 2. The van der Waals surface area contributed by atoms with Crippen molar-refractivity contribution in [3.8, 4) is 0 Å². The molecule has 3 aromatic rings. The van der Waals surface area contributed by atoms with Gasteiger partial charge in [0.25, 0.3) is 0 Å². The lowest BCUT2D eigenvalue weighted by Crippen LogP contribution is -2.10. The zero-order valence-corrected chi connectivity index (χ0v) is 17.3. The highest BCUT2D eigenvalue weighted by Crippen LogP contribution is 2.29. The van der Waals surface area contributed by atoms with E-state index in [1.165, 1.54) is 7.11 Å². The summed E-state index contributed by atoms with van der Waals surface area (Å²) in [4.78, 5) is 12.9.